The number of ether oxygens (including phenoxy) is 3. The summed E-state index contributed by atoms with van der Waals surface area (Å²) >= 11 is 3.43. The minimum atomic E-state index is -0.463. The van der Waals surface area contributed by atoms with Crippen LogP contribution in [-0.4, -0.2) is 41.7 Å². The molecule has 0 saturated carbocycles. The van der Waals surface area contributed by atoms with Gasteiger partial charge < -0.3 is 14.2 Å². The molecule has 0 atom stereocenters. The third-order valence-corrected chi connectivity index (χ3v) is 5.90. The van der Waals surface area contributed by atoms with Gasteiger partial charge >= 0.3 is 5.97 Å². The monoisotopic (exact) mass is 569 g/mol. The van der Waals surface area contributed by atoms with Crippen LogP contribution in [0.2, 0.25) is 0 Å². The number of allylic oxidation sites excluding steroid dienone is 1. The van der Waals surface area contributed by atoms with Crippen LogP contribution in [0, 0.1) is 0 Å². The van der Waals surface area contributed by atoms with E-state index in [0.717, 1.165) is 22.9 Å². The van der Waals surface area contributed by atoms with E-state index in [0.29, 0.717) is 53.2 Å². The zero-order valence-corrected chi connectivity index (χ0v) is 23.0. The van der Waals surface area contributed by atoms with E-state index in [9.17, 15) is 9.59 Å². The molecule has 0 radical (unpaired) electrons. The van der Waals surface area contributed by atoms with Gasteiger partial charge in [-0.1, -0.05) is 35.4 Å². The van der Waals surface area contributed by atoms with Crippen LogP contribution in [0.3, 0.4) is 0 Å². The van der Waals surface area contributed by atoms with Crippen LogP contribution in [-0.2, 0) is 22.4 Å². The van der Waals surface area contributed by atoms with Crippen molar-refractivity contribution in [1.82, 2.24) is 9.66 Å². The largest absolute Gasteiger partial charge is 0.490 e. The molecule has 0 saturated heterocycles. The Morgan fingerprint density at radius 1 is 1.16 bits per heavy atom. The van der Waals surface area contributed by atoms with Crippen LogP contribution in [0.5, 0.6) is 11.5 Å². The molecule has 9 heteroatoms. The maximum absolute atomic E-state index is 13.4. The first-order valence-corrected chi connectivity index (χ1v) is 13.2. The van der Waals surface area contributed by atoms with Crippen molar-refractivity contribution in [3.8, 4) is 11.5 Å². The number of fused-ring (bicyclic) bond motifs is 1. The highest BCUT2D eigenvalue weighted by Crippen LogP contribution is 2.33. The van der Waals surface area contributed by atoms with Gasteiger partial charge in [0.1, 0.15) is 5.82 Å². The summed E-state index contributed by atoms with van der Waals surface area (Å²) in [4.78, 5) is 29.9. The molecular formula is C28H32BrN3O5. The number of esters is 1. The molecule has 0 aliphatic rings. The molecule has 0 aliphatic heterocycles. The highest BCUT2D eigenvalue weighted by molar-refractivity contribution is 9.10. The number of hydrogen-bond donors (Lipinski definition) is 0. The zero-order chi connectivity index (χ0) is 26.8. The van der Waals surface area contributed by atoms with E-state index in [-0.39, 0.29) is 18.8 Å². The van der Waals surface area contributed by atoms with Gasteiger partial charge in [0, 0.05) is 16.5 Å². The summed E-state index contributed by atoms with van der Waals surface area (Å²) in [7, 11) is 0. The van der Waals surface area contributed by atoms with Gasteiger partial charge in [0.05, 0.1) is 30.3 Å². The molecule has 1 aromatic heterocycles. The Bertz CT molecular complexity index is 1350. The van der Waals surface area contributed by atoms with Gasteiger partial charge in [0.25, 0.3) is 5.56 Å². The molecule has 0 bridgehead atoms. The lowest BCUT2D eigenvalue weighted by Gasteiger charge is -2.16. The molecule has 37 heavy (non-hydrogen) atoms. The SMILES string of the molecule is C=CCc1cc(C=Nn2c(CCCC)nc3ccc(Br)cc3c2=O)cc(OCC)c1OCC(=O)OCC. The van der Waals surface area contributed by atoms with Gasteiger partial charge in [-0.15, -0.1) is 6.58 Å². The normalized spacial score (nSPS) is 11.1. The number of halogens is 1. The lowest BCUT2D eigenvalue weighted by molar-refractivity contribution is -0.145. The fourth-order valence-electron chi connectivity index (χ4n) is 3.76. The van der Waals surface area contributed by atoms with Crippen molar-refractivity contribution < 1.29 is 19.0 Å². The van der Waals surface area contributed by atoms with Gasteiger partial charge in [-0.2, -0.15) is 9.78 Å². The number of nitrogens with zero attached hydrogens (tertiary/aromatic N) is 3. The average molecular weight is 570 g/mol. The molecule has 2 aromatic carbocycles. The Kier molecular flexibility index (Phi) is 10.4. The van der Waals surface area contributed by atoms with Crippen LogP contribution < -0.4 is 15.0 Å². The van der Waals surface area contributed by atoms with Gasteiger partial charge in [-0.25, -0.2) is 9.78 Å². The number of carbonyl (C=O) groups is 1. The Morgan fingerprint density at radius 2 is 1.97 bits per heavy atom. The summed E-state index contributed by atoms with van der Waals surface area (Å²) in [5.41, 5.74) is 1.87. The maximum Gasteiger partial charge on any atom is 0.344 e. The molecule has 196 valence electrons. The van der Waals surface area contributed by atoms with E-state index in [2.05, 4.69) is 34.5 Å². The maximum atomic E-state index is 13.4. The molecule has 0 N–H and O–H groups in total. The minimum absolute atomic E-state index is 0.236. The highest BCUT2D eigenvalue weighted by atomic mass is 79.9. The molecule has 0 spiro atoms. The average Bonchev–Trinajstić information content (AvgIpc) is 2.87. The lowest BCUT2D eigenvalue weighted by atomic mass is 10.1. The number of benzene rings is 2. The molecule has 0 unspecified atom stereocenters. The molecule has 8 nitrogen and oxygen atoms in total. The molecular weight excluding hydrogens is 538 g/mol. The predicted molar refractivity (Wildman–Crippen MR) is 149 cm³/mol. The van der Waals surface area contributed by atoms with Crippen molar-refractivity contribution in [2.24, 2.45) is 5.10 Å². The summed E-state index contributed by atoms with van der Waals surface area (Å²) in [6.07, 6.45) is 6.30. The van der Waals surface area contributed by atoms with Gasteiger partial charge in [-0.05, 0) is 62.6 Å². The zero-order valence-electron chi connectivity index (χ0n) is 21.5. The fourth-order valence-corrected chi connectivity index (χ4v) is 4.12. The van der Waals surface area contributed by atoms with Crippen molar-refractivity contribution in [2.75, 3.05) is 19.8 Å². The Labute approximate surface area is 225 Å². The Morgan fingerprint density at radius 3 is 2.68 bits per heavy atom. The minimum Gasteiger partial charge on any atom is -0.490 e. The second kappa shape index (κ2) is 13.7. The van der Waals surface area contributed by atoms with E-state index in [1.807, 2.05) is 25.1 Å². The van der Waals surface area contributed by atoms with Crippen molar-refractivity contribution >= 4 is 39.0 Å². The Hall–Kier alpha value is -3.46. The van der Waals surface area contributed by atoms with Crippen LogP contribution in [0.25, 0.3) is 10.9 Å². The van der Waals surface area contributed by atoms with Crippen molar-refractivity contribution in [3.63, 3.8) is 0 Å². The summed E-state index contributed by atoms with van der Waals surface area (Å²) in [6.45, 7) is 9.95. The molecule has 0 amide bonds. The molecule has 3 rings (SSSR count). The quantitative estimate of drug-likeness (QED) is 0.154. The first-order valence-electron chi connectivity index (χ1n) is 12.4. The molecule has 3 aromatic rings. The summed E-state index contributed by atoms with van der Waals surface area (Å²) in [5, 5.41) is 5.03. The molecule has 1 heterocycles. The predicted octanol–water partition coefficient (Wildman–Crippen LogP) is 5.45. The number of aromatic nitrogens is 2. The highest BCUT2D eigenvalue weighted by Gasteiger charge is 2.16. The van der Waals surface area contributed by atoms with Crippen LogP contribution >= 0.6 is 15.9 Å². The van der Waals surface area contributed by atoms with E-state index < -0.39 is 5.97 Å². The second-order valence-electron chi connectivity index (χ2n) is 8.18. The fraction of sp³-hybridized carbons (Fsp3) is 0.357. The second-order valence-corrected chi connectivity index (χ2v) is 9.10. The number of rotatable bonds is 13. The Balaban J connectivity index is 2.06. The molecule has 0 aliphatic carbocycles. The first kappa shape index (κ1) is 28.1. The summed E-state index contributed by atoms with van der Waals surface area (Å²) < 4.78 is 18.7. The van der Waals surface area contributed by atoms with Gasteiger partial charge in [0.15, 0.2) is 18.1 Å². The van der Waals surface area contributed by atoms with E-state index >= 15 is 0 Å². The number of carbonyl (C=O) groups excluding carboxylic acids is 1. The van der Waals surface area contributed by atoms with Crippen LogP contribution in [0.1, 0.15) is 50.6 Å². The standard InChI is InChI=1S/C28H32BrN3O5/c1-5-9-11-25-31-23-13-12-21(29)16-22(23)28(34)32(25)30-17-19-14-20(10-6-2)27(24(15-19)35-7-3)37-18-26(33)36-8-4/h6,12-17H,2,5,7-11,18H2,1,3-4H3. The smallest absolute Gasteiger partial charge is 0.344 e. The van der Waals surface area contributed by atoms with Gasteiger partial charge in [0.2, 0.25) is 0 Å². The van der Waals surface area contributed by atoms with Crippen molar-refractivity contribution in [1.29, 1.82) is 0 Å². The van der Waals surface area contributed by atoms with E-state index in [1.165, 1.54) is 4.68 Å². The topological polar surface area (TPSA) is 92.0 Å². The lowest BCUT2D eigenvalue weighted by Crippen LogP contribution is -2.22. The molecule has 0 fully saturated rings. The van der Waals surface area contributed by atoms with Crippen LogP contribution in [0.15, 0.2) is 57.4 Å². The van der Waals surface area contributed by atoms with Crippen LogP contribution in [0.4, 0.5) is 0 Å². The van der Waals surface area contributed by atoms with Crippen molar-refractivity contribution in [3.05, 3.63) is 74.8 Å². The van der Waals surface area contributed by atoms with Gasteiger partial charge in [-0.3, -0.25) is 4.79 Å². The first-order chi connectivity index (χ1) is 17.9. The third-order valence-electron chi connectivity index (χ3n) is 5.41. The third kappa shape index (κ3) is 7.29. The number of unbranched alkanes of at least 4 members (excludes halogenated alkanes) is 1. The van der Waals surface area contributed by atoms with Crippen molar-refractivity contribution in [2.45, 2.75) is 46.5 Å². The number of aryl methyl sites for hydroxylation is 1. The van der Waals surface area contributed by atoms with E-state index in [1.54, 1.807) is 31.3 Å². The summed E-state index contributed by atoms with van der Waals surface area (Å²) in [5.74, 6) is 1.05. The number of hydrogen-bond acceptors (Lipinski definition) is 7. The summed E-state index contributed by atoms with van der Waals surface area (Å²) in [6, 6.07) is 9.09. The van der Waals surface area contributed by atoms with E-state index in [4.69, 9.17) is 19.2 Å².